The van der Waals surface area contributed by atoms with E-state index in [0.717, 1.165) is 16.8 Å². The van der Waals surface area contributed by atoms with Crippen molar-refractivity contribution in [2.75, 3.05) is 24.2 Å². The zero-order valence-corrected chi connectivity index (χ0v) is 14.8. The first-order chi connectivity index (χ1) is 12.4. The Morgan fingerprint density at radius 1 is 1.12 bits per heavy atom. The zero-order chi connectivity index (χ0) is 18.7. The fourth-order valence-electron chi connectivity index (χ4n) is 2.86. The number of nitrogens with zero attached hydrogens (tertiary/aromatic N) is 1. The van der Waals surface area contributed by atoms with Gasteiger partial charge in [-0.3, -0.25) is 14.4 Å². The molecule has 1 aliphatic heterocycles. The molecule has 0 atom stereocenters. The molecule has 0 spiro atoms. The molecule has 2 aromatic rings. The summed E-state index contributed by atoms with van der Waals surface area (Å²) in [6.07, 6.45) is 1.03. The lowest BCUT2D eigenvalue weighted by atomic mass is 10.00. The van der Waals surface area contributed by atoms with E-state index in [1.165, 1.54) is 4.90 Å². The molecule has 1 heterocycles. The molecular formula is C20H21N3O3. The summed E-state index contributed by atoms with van der Waals surface area (Å²) in [6.45, 7) is 1.93. The fraction of sp³-hybridized carbons (Fsp3) is 0.250. The van der Waals surface area contributed by atoms with Crippen molar-refractivity contribution in [1.82, 2.24) is 4.90 Å². The van der Waals surface area contributed by atoms with Gasteiger partial charge in [-0.15, -0.1) is 0 Å². The minimum Gasteiger partial charge on any atom is -0.332 e. The van der Waals surface area contributed by atoms with Gasteiger partial charge in [0.05, 0.1) is 6.54 Å². The number of amides is 3. The molecule has 0 saturated heterocycles. The van der Waals surface area contributed by atoms with Crippen LogP contribution in [0.1, 0.15) is 27.9 Å². The third kappa shape index (κ3) is 4.08. The van der Waals surface area contributed by atoms with E-state index in [-0.39, 0.29) is 24.3 Å². The summed E-state index contributed by atoms with van der Waals surface area (Å²) < 4.78 is 0. The lowest BCUT2D eigenvalue weighted by Crippen LogP contribution is -2.35. The number of nitrogens with one attached hydrogen (secondary N) is 2. The Balaban J connectivity index is 1.63. The van der Waals surface area contributed by atoms with Gasteiger partial charge >= 0.3 is 0 Å². The third-order valence-electron chi connectivity index (χ3n) is 4.31. The van der Waals surface area contributed by atoms with Gasteiger partial charge in [0.1, 0.15) is 0 Å². The van der Waals surface area contributed by atoms with Crippen LogP contribution in [-0.4, -0.2) is 36.2 Å². The molecule has 2 N–H and O–H groups in total. The number of carbonyl (C=O) groups is 3. The average molecular weight is 351 g/mol. The maximum absolute atomic E-state index is 12.6. The maximum atomic E-state index is 12.6. The number of hydrogen-bond acceptors (Lipinski definition) is 3. The lowest BCUT2D eigenvalue weighted by Gasteiger charge is -2.20. The molecule has 26 heavy (non-hydrogen) atoms. The quantitative estimate of drug-likeness (QED) is 0.889. The van der Waals surface area contributed by atoms with E-state index < -0.39 is 0 Å². The van der Waals surface area contributed by atoms with Crippen molar-refractivity contribution in [2.45, 2.75) is 19.8 Å². The van der Waals surface area contributed by atoms with Crippen LogP contribution in [0.3, 0.4) is 0 Å². The second-order valence-electron chi connectivity index (χ2n) is 6.50. The van der Waals surface area contributed by atoms with Gasteiger partial charge in [0.2, 0.25) is 11.8 Å². The van der Waals surface area contributed by atoms with Gasteiger partial charge in [-0.25, -0.2) is 0 Å². The Hall–Kier alpha value is -3.15. The number of benzene rings is 2. The van der Waals surface area contributed by atoms with Gasteiger partial charge < -0.3 is 15.5 Å². The van der Waals surface area contributed by atoms with E-state index in [1.54, 1.807) is 25.2 Å². The molecule has 1 aliphatic rings. The lowest BCUT2D eigenvalue weighted by molar-refractivity contribution is -0.117. The first-order valence-electron chi connectivity index (χ1n) is 8.47. The standard InChI is InChI=1S/C20H21N3O3/c1-13-3-7-16(8-4-13)21-19(25)12-23(2)20(26)15-5-9-17-14(11-15)6-10-18(24)22-17/h3-5,7-9,11H,6,10,12H2,1-2H3,(H,21,25)(H,22,24). The minimum absolute atomic E-state index is 0.0125. The Bertz CT molecular complexity index is 859. The molecule has 6 nitrogen and oxygen atoms in total. The van der Waals surface area contributed by atoms with E-state index in [4.69, 9.17) is 0 Å². The largest absolute Gasteiger partial charge is 0.332 e. The van der Waals surface area contributed by atoms with Crippen molar-refractivity contribution in [3.63, 3.8) is 0 Å². The van der Waals surface area contributed by atoms with Crippen molar-refractivity contribution >= 4 is 29.1 Å². The van der Waals surface area contributed by atoms with E-state index in [9.17, 15) is 14.4 Å². The van der Waals surface area contributed by atoms with Crippen LogP contribution >= 0.6 is 0 Å². The minimum atomic E-state index is -0.255. The predicted octanol–water partition coefficient (Wildman–Crippen LogP) is 2.59. The summed E-state index contributed by atoms with van der Waals surface area (Å²) in [6, 6.07) is 12.7. The van der Waals surface area contributed by atoms with Gasteiger partial charge in [-0.2, -0.15) is 0 Å². The monoisotopic (exact) mass is 351 g/mol. The van der Waals surface area contributed by atoms with Crippen LogP contribution in [-0.2, 0) is 16.0 Å². The first-order valence-corrected chi connectivity index (χ1v) is 8.47. The van der Waals surface area contributed by atoms with Gasteiger partial charge in [0.25, 0.3) is 5.91 Å². The van der Waals surface area contributed by atoms with Crippen molar-refractivity contribution in [3.8, 4) is 0 Å². The maximum Gasteiger partial charge on any atom is 0.254 e. The Labute approximate surface area is 152 Å². The van der Waals surface area contributed by atoms with Crippen molar-refractivity contribution in [1.29, 1.82) is 0 Å². The molecule has 0 aliphatic carbocycles. The topological polar surface area (TPSA) is 78.5 Å². The van der Waals surface area contributed by atoms with Crippen LogP contribution in [0, 0.1) is 6.92 Å². The van der Waals surface area contributed by atoms with Gasteiger partial charge in [-0.1, -0.05) is 17.7 Å². The summed E-state index contributed by atoms with van der Waals surface area (Å²) in [5.41, 5.74) is 4.00. The van der Waals surface area contributed by atoms with E-state index >= 15 is 0 Å². The number of hydrogen-bond donors (Lipinski definition) is 2. The number of likely N-dealkylation sites (N-methyl/N-ethyl adjacent to an activating group) is 1. The molecule has 0 bridgehead atoms. The third-order valence-corrected chi connectivity index (χ3v) is 4.31. The Morgan fingerprint density at radius 3 is 2.58 bits per heavy atom. The second-order valence-corrected chi connectivity index (χ2v) is 6.50. The zero-order valence-electron chi connectivity index (χ0n) is 14.8. The SMILES string of the molecule is Cc1ccc(NC(=O)CN(C)C(=O)c2ccc3c(c2)CCC(=O)N3)cc1. The van der Waals surface area contributed by atoms with Crippen molar-refractivity contribution in [3.05, 3.63) is 59.2 Å². The van der Waals surface area contributed by atoms with Crippen molar-refractivity contribution < 1.29 is 14.4 Å². The average Bonchev–Trinajstić information content (AvgIpc) is 2.62. The molecular weight excluding hydrogens is 330 g/mol. The summed E-state index contributed by atoms with van der Waals surface area (Å²) in [7, 11) is 1.60. The Kier molecular flexibility index (Phi) is 5.02. The van der Waals surface area contributed by atoms with Crippen molar-refractivity contribution in [2.24, 2.45) is 0 Å². The van der Waals surface area contributed by atoms with Gasteiger partial charge in [0, 0.05) is 30.4 Å². The summed E-state index contributed by atoms with van der Waals surface area (Å²) in [5, 5.41) is 5.57. The molecule has 0 unspecified atom stereocenters. The highest BCUT2D eigenvalue weighted by atomic mass is 16.2. The van der Waals surface area contributed by atoms with E-state index in [1.807, 2.05) is 31.2 Å². The first kappa shape index (κ1) is 17.7. The van der Waals surface area contributed by atoms with Crippen LogP contribution in [0.5, 0.6) is 0 Å². The number of fused-ring (bicyclic) bond motifs is 1. The molecule has 0 radical (unpaired) electrons. The van der Waals surface area contributed by atoms with E-state index in [0.29, 0.717) is 24.1 Å². The number of carbonyl (C=O) groups excluding carboxylic acids is 3. The smallest absolute Gasteiger partial charge is 0.254 e. The molecule has 134 valence electrons. The summed E-state index contributed by atoms with van der Waals surface area (Å²) in [5.74, 6) is -0.500. The van der Waals surface area contributed by atoms with Gasteiger partial charge in [0.15, 0.2) is 0 Å². The molecule has 3 amide bonds. The molecule has 0 fully saturated rings. The molecule has 0 saturated carbocycles. The highest BCUT2D eigenvalue weighted by Crippen LogP contribution is 2.24. The number of aryl methyl sites for hydroxylation is 2. The van der Waals surface area contributed by atoms with E-state index in [2.05, 4.69) is 10.6 Å². The van der Waals surface area contributed by atoms with Crippen LogP contribution in [0.2, 0.25) is 0 Å². The number of rotatable bonds is 4. The second kappa shape index (κ2) is 7.39. The summed E-state index contributed by atoms with van der Waals surface area (Å²) >= 11 is 0. The summed E-state index contributed by atoms with van der Waals surface area (Å²) in [4.78, 5) is 37.5. The Morgan fingerprint density at radius 2 is 1.85 bits per heavy atom. The molecule has 3 rings (SSSR count). The molecule has 2 aromatic carbocycles. The molecule has 6 heteroatoms. The van der Waals surface area contributed by atoms with Crippen LogP contribution in [0.25, 0.3) is 0 Å². The normalized spacial score (nSPS) is 12.8. The number of anilines is 2. The van der Waals surface area contributed by atoms with Crippen LogP contribution < -0.4 is 10.6 Å². The van der Waals surface area contributed by atoms with Gasteiger partial charge in [-0.05, 0) is 49.2 Å². The fourth-order valence-corrected chi connectivity index (χ4v) is 2.86. The van der Waals surface area contributed by atoms with Crippen LogP contribution in [0.4, 0.5) is 11.4 Å². The highest BCUT2D eigenvalue weighted by molar-refractivity contribution is 6.00. The molecule has 0 aromatic heterocycles. The van der Waals surface area contributed by atoms with Crippen LogP contribution in [0.15, 0.2) is 42.5 Å². The predicted molar refractivity (Wildman–Crippen MR) is 100 cm³/mol. The highest BCUT2D eigenvalue weighted by Gasteiger charge is 2.19.